The van der Waals surface area contributed by atoms with E-state index in [0.717, 1.165) is 0 Å². The van der Waals surface area contributed by atoms with Crippen LogP contribution in [0, 0.1) is 3.57 Å². The highest BCUT2D eigenvalue weighted by molar-refractivity contribution is 14.1. The maximum absolute atomic E-state index is 14.0. The second-order valence-electron chi connectivity index (χ2n) is 3.65. The van der Waals surface area contributed by atoms with Crippen molar-refractivity contribution < 1.29 is 30.7 Å². The molecule has 0 bridgehead atoms. The standard InChI is InChI=1S/C10H5BrF7I/c11-6-1-5(2-7(19)3-6)9(15,10(16,17)18)8(13,14)4-12/h1-3H,4H2. The van der Waals surface area contributed by atoms with Gasteiger partial charge in [0.15, 0.2) is 6.67 Å². The molecule has 1 unspecified atom stereocenters. The molecule has 9 heteroatoms. The highest BCUT2D eigenvalue weighted by Crippen LogP contribution is 2.53. The SMILES string of the molecule is FCC(F)(F)C(F)(c1cc(Br)cc(I)c1)C(F)(F)F. The number of alkyl halides is 7. The van der Waals surface area contributed by atoms with Crippen LogP contribution in [0.2, 0.25) is 0 Å². The fourth-order valence-electron chi connectivity index (χ4n) is 1.43. The first-order chi connectivity index (χ1) is 8.45. The van der Waals surface area contributed by atoms with Crippen molar-refractivity contribution in [3.8, 4) is 0 Å². The number of hydrogen-bond donors (Lipinski definition) is 0. The van der Waals surface area contributed by atoms with Crippen LogP contribution in [-0.4, -0.2) is 18.8 Å². The molecule has 0 radical (unpaired) electrons. The van der Waals surface area contributed by atoms with Crippen LogP contribution in [0.15, 0.2) is 22.7 Å². The lowest BCUT2D eigenvalue weighted by Gasteiger charge is -2.34. The van der Waals surface area contributed by atoms with E-state index in [1.807, 2.05) is 0 Å². The van der Waals surface area contributed by atoms with Crippen LogP contribution >= 0.6 is 38.5 Å². The topological polar surface area (TPSA) is 0 Å². The van der Waals surface area contributed by atoms with Gasteiger partial charge in [0, 0.05) is 13.6 Å². The Morgan fingerprint density at radius 1 is 1.00 bits per heavy atom. The van der Waals surface area contributed by atoms with Gasteiger partial charge in [-0.2, -0.15) is 22.0 Å². The summed E-state index contributed by atoms with van der Waals surface area (Å²) in [7, 11) is 0. The first kappa shape index (κ1) is 17.0. The van der Waals surface area contributed by atoms with E-state index >= 15 is 0 Å². The summed E-state index contributed by atoms with van der Waals surface area (Å²) in [6.45, 7) is -2.76. The molecule has 1 aromatic rings. The van der Waals surface area contributed by atoms with Crippen LogP contribution in [0.1, 0.15) is 5.56 Å². The van der Waals surface area contributed by atoms with Crippen molar-refractivity contribution in [2.45, 2.75) is 17.8 Å². The van der Waals surface area contributed by atoms with Gasteiger partial charge in [0.05, 0.1) is 0 Å². The first-order valence-electron chi connectivity index (χ1n) is 4.61. The molecule has 1 rings (SSSR count). The van der Waals surface area contributed by atoms with Crippen molar-refractivity contribution in [3.05, 3.63) is 31.8 Å². The molecule has 0 N–H and O–H groups in total. The van der Waals surface area contributed by atoms with E-state index < -0.39 is 30.0 Å². The first-order valence-corrected chi connectivity index (χ1v) is 6.49. The molecular formula is C10H5BrF7I. The molecule has 0 saturated heterocycles. The predicted octanol–water partition coefficient (Wildman–Crippen LogP) is 5.39. The average Bonchev–Trinajstić information content (AvgIpc) is 2.24. The summed E-state index contributed by atoms with van der Waals surface area (Å²) in [5.74, 6) is -5.21. The van der Waals surface area contributed by atoms with E-state index in [1.165, 1.54) is 28.7 Å². The van der Waals surface area contributed by atoms with Gasteiger partial charge in [-0.1, -0.05) is 15.9 Å². The lowest BCUT2D eigenvalue weighted by Crippen LogP contribution is -2.54. The fourth-order valence-corrected chi connectivity index (χ4v) is 3.02. The number of halogens is 9. The van der Waals surface area contributed by atoms with Gasteiger partial charge in [0.25, 0.3) is 5.67 Å². The summed E-state index contributed by atoms with van der Waals surface area (Å²) in [5, 5.41) is 0. The minimum atomic E-state index is -5.95. The summed E-state index contributed by atoms with van der Waals surface area (Å²) in [5.41, 5.74) is -6.43. The van der Waals surface area contributed by atoms with Crippen molar-refractivity contribution >= 4 is 38.5 Å². The van der Waals surface area contributed by atoms with E-state index in [2.05, 4.69) is 15.9 Å². The van der Waals surface area contributed by atoms with Crippen LogP contribution in [0.5, 0.6) is 0 Å². The molecule has 1 atom stereocenters. The molecular weight excluding hydrogens is 460 g/mol. The lowest BCUT2D eigenvalue weighted by atomic mass is 9.89. The minimum absolute atomic E-state index is 0.0182. The Morgan fingerprint density at radius 2 is 1.53 bits per heavy atom. The molecule has 0 aliphatic rings. The molecule has 1 aromatic carbocycles. The number of hydrogen-bond acceptors (Lipinski definition) is 0. The van der Waals surface area contributed by atoms with Crippen molar-refractivity contribution in [1.29, 1.82) is 0 Å². The molecule has 0 aliphatic carbocycles. The van der Waals surface area contributed by atoms with Gasteiger partial charge in [-0.05, 0) is 40.8 Å². The number of benzene rings is 1. The van der Waals surface area contributed by atoms with Crippen LogP contribution in [-0.2, 0) is 5.67 Å². The Morgan fingerprint density at radius 3 is 1.89 bits per heavy atom. The second-order valence-corrected chi connectivity index (χ2v) is 5.81. The monoisotopic (exact) mass is 464 g/mol. The Bertz CT molecular complexity index is 453. The van der Waals surface area contributed by atoms with E-state index in [1.54, 1.807) is 0 Å². The molecule has 0 heterocycles. The third-order valence-electron chi connectivity index (χ3n) is 2.32. The molecule has 0 saturated carbocycles. The van der Waals surface area contributed by atoms with Gasteiger partial charge in [0.2, 0.25) is 0 Å². The summed E-state index contributed by atoms with van der Waals surface area (Å²) >= 11 is 4.32. The van der Waals surface area contributed by atoms with Crippen LogP contribution < -0.4 is 0 Å². The van der Waals surface area contributed by atoms with Crippen molar-refractivity contribution in [1.82, 2.24) is 0 Å². The smallest absolute Gasteiger partial charge is 0.244 e. The van der Waals surface area contributed by atoms with E-state index in [-0.39, 0.29) is 8.04 Å². The van der Waals surface area contributed by atoms with Crippen molar-refractivity contribution in [2.75, 3.05) is 6.67 Å². The normalized spacial score (nSPS) is 16.3. The van der Waals surface area contributed by atoms with Crippen LogP contribution in [0.3, 0.4) is 0 Å². The number of rotatable bonds is 3. The zero-order valence-corrected chi connectivity index (χ0v) is 12.6. The van der Waals surface area contributed by atoms with Crippen LogP contribution in [0.4, 0.5) is 30.7 Å². The van der Waals surface area contributed by atoms with E-state index in [9.17, 15) is 30.7 Å². The van der Waals surface area contributed by atoms with E-state index in [0.29, 0.717) is 12.1 Å². The average molecular weight is 465 g/mol. The molecule has 0 nitrogen and oxygen atoms in total. The molecule has 0 spiro atoms. The highest BCUT2D eigenvalue weighted by Gasteiger charge is 2.72. The van der Waals surface area contributed by atoms with Gasteiger partial charge in [-0.15, -0.1) is 0 Å². The van der Waals surface area contributed by atoms with Gasteiger partial charge < -0.3 is 0 Å². The highest BCUT2D eigenvalue weighted by atomic mass is 127. The van der Waals surface area contributed by atoms with E-state index in [4.69, 9.17) is 0 Å². The Labute approximate surface area is 125 Å². The Balaban J connectivity index is 3.58. The van der Waals surface area contributed by atoms with Gasteiger partial charge >= 0.3 is 12.1 Å². The summed E-state index contributed by atoms with van der Waals surface area (Å²) in [6.07, 6.45) is -5.95. The van der Waals surface area contributed by atoms with Crippen molar-refractivity contribution in [3.63, 3.8) is 0 Å². The van der Waals surface area contributed by atoms with Gasteiger partial charge in [0.1, 0.15) is 0 Å². The Kier molecular flexibility index (Phi) is 4.81. The fraction of sp³-hybridized carbons (Fsp3) is 0.400. The molecule has 19 heavy (non-hydrogen) atoms. The van der Waals surface area contributed by atoms with Crippen molar-refractivity contribution in [2.24, 2.45) is 0 Å². The predicted molar refractivity (Wildman–Crippen MR) is 66.6 cm³/mol. The second kappa shape index (κ2) is 5.38. The quantitative estimate of drug-likeness (QED) is 0.416. The van der Waals surface area contributed by atoms with Crippen LogP contribution in [0.25, 0.3) is 0 Å². The third kappa shape index (κ3) is 3.01. The zero-order valence-electron chi connectivity index (χ0n) is 8.84. The Hall–Kier alpha value is -0.0600. The summed E-state index contributed by atoms with van der Waals surface area (Å²) in [4.78, 5) is 0. The molecule has 0 amide bonds. The minimum Gasteiger partial charge on any atom is -0.244 e. The molecule has 0 aromatic heterocycles. The molecule has 108 valence electrons. The van der Waals surface area contributed by atoms with Gasteiger partial charge in [-0.3, -0.25) is 0 Å². The maximum atomic E-state index is 14.0. The summed E-state index contributed by atoms with van der Waals surface area (Å²) in [6, 6.07) is 2.45. The van der Waals surface area contributed by atoms with Gasteiger partial charge in [-0.25, -0.2) is 8.78 Å². The summed E-state index contributed by atoms with van der Waals surface area (Å²) < 4.78 is 90.7. The largest absolute Gasteiger partial charge is 0.432 e. The molecule has 0 aliphatic heterocycles. The molecule has 0 fully saturated rings. The lowest BCUT2D eigenvalue weighted by molar-refractivity contribution is -0.312. The maximum Gasteiger partial charge on any atom is 0.432 e. The third-order valence-corrected chi connectivity index (χ3v) is 3.40. The zero-order chi connectivity index (χ0) is 15.1.